The first-order valence-electron chi connectivity index (χ1n) is 6.66. The maximum atomic E-state index is 11.9. The highest BCUT2D eigenvalue weighted by atomic mass is 16.5. The minimum absolute atomic E-state index is 0.322. The lowest BCUT2D eigenvalue weighted by molar-refractivity contribution is 0.0526. The first-order valence-corrected chi connectivity index (χ1v) is 6.66. The van der Waals surface area contributed by atoms with Crippen LogP contribution in [-0.4, -0.2) is 18.5 Å². The van der Waals surface area contributed by atoms with Crippen molar-refractivity contribution in [3.05, 3.63) is 65.2 Å². The van der Waals surface area contributed by atoms with E-state index in [0.29, 0.717) is 23.5 Å². The Kier molecular flexibility index (Phi) is 4.72. The van der Waals surface area contributed by atoms with E-state index in [1.807, 2.05) is 19.1 Å². The molecular formula is C17H16O4. The topological polar surface area (TPSA) is 52.6 Å². The van der Waals surface area contributed by atoms with Crippen molar-refractivity contribution in [2.75, 3.05) is 6.61 Å². The van der Waals surface area contributed by atoms with Crippen molar-refractivity contribution >= 4 is 11.9 Å². The van der Waals surface area contributed by atoms with Crippen LogP contribution in [0.3, 0.4) is 0 Å². The van der Waals surface area contributed by atoms with Gasteiger partial charge in [0.1, 0.15) is 5.75 Å². The smallest absolute Gasteiger partial charge is 0.343 e. The fourth-order valence-corrected chi connectivity index (χ4v) is 1.73. The van der Waals surface area contributed by atoms with Crippen LogP contribution in [0.5, 0.6) is 5.75 Å². The Morgan fingerprint density at radius 3 is 1.95 bits per heavy atom. The van der Waals surface area contributed by atoms with Crippen LogP contribution in [0.2, 0.25) is 0 Å². The largest absolute Gasteiger partial charge is 0.462 e. The molecule has 0 amide bonds. The van der Waals surface area contributed by atoms with E-state index < -0.39 is 11.9 Å². The van der Waals surface area contributed by atoms with Gasteiger partial charge in [-0.15, -0.1) is 0 Å². The van der Waals surface area contributed by atoms with E-state index >= 15 is 0 Å². The standard InChI is InChI=1S/C17H16O4/c1-3-20-16(18)13-8-10-15(11-9-13)21-17(19)14-6-4-12(2)5-7-14/h4-11H,3H2,1-2H3. The van der Waals surface area contributed by atoms with Gasteiger partial charge in [-0.25, -0.2) is 9.59 Å². The number of carbonyl (C=O) groups excluding carboxylic acids is 2. The summed E-state index contributed by atoms with van der Waals surface area (Å²) in [5.41, 5.74) is 1.98. The third-order valence-corrected chi connectivity index (χ3v) is 2.86. The van der Waals surface area contributed by atoms with E-state index in [-0.39, 0.29) is 0 Å². The lowest BCUT2D eigenvalue weighted by Gasteiger charge is -2.06. The summed E-state index contributed by atoms with van der Waals surface area (Å²) >= 11 is 0. The molecule has 0 atom stereocenters. The van der Waals surface area contributed by atoms with Gasteiger partial charge in [-0.1, -0.05) is 17.7 Å². The second kappa shape index (κ2) is 6.70. The van der Waals surface area contributed by atoms with Crippen LogP contribution in [0.4, 0.5) is 0 Å². The van der Waals surface area contributed by atoms with Gasteiger partial charge in [0, 0.05) is 0 Å². The molecule has 2 aromatic carbocycles. The highest BCUT2D eigenvalue weighted by Gasteiger charge is 2.10. The number of hydrogen-bond donors (Lipinski definition) is 0. The average molecular weight is 284 g/mol. The van der Waals surface area contributed by atoms with Crippen LogP contribution in [0.15, 0.2) is 48.5 Å². The summed E-state index contributed by atoms with van der Waals surface area (Å²) in [6, 6.07) is 13.4. The zero-order chi connectivity index (χ0) is 15.2. The van der Waals surface area contributed by atoms with Crippen molar-refractivity contribution in [1.82, 2.24) is 0 Å². The van der Waals surface area contributed by atoms with Crippen LogP contribution in [-0.2, 0) is 4.74 Å². The highest BCUT2D eigenvalue weighted by molar-refractivity contribution is 5.92. The fourth-order valence-electron chi connectivity index (χ4n) is 1.73. The molecule has 0 aromatic heterocycles. The second-order valence-electron chi connectivity index (χ2n) is 4.50. The Morgan fingerprint density at radius 1 is 0.857 bits per heavy atom. The summed E-state index contributed by atoms with van der Waals surface area (Å²) in [5, 5.41) is 0. The minimum Gasteiger partial charge on any atom is -0.462 e. The molecule has 21 heavy (non-hydrogen) atoms. The van der Waals surface area contributed by atoms with Gasteiger partial charge in [0.05, 0.1) is 17.7 Å². The maximum Gasteiger partial charge on any atom is 0.343 e. The predicted octanol–water partition coefficient (Wildman–Crippen LogP) is 3.39. The Morgan fingerprint density at radius 2 is 1.38 bits per heavy atom. The van der Waals surface area contributed by atoms with Gasteiger partial charge in [-0.3, -0.25) is 0 Å². The van der Waals surface area contributed by atoms with Gasteiger partial charge in [0.2, 0.25) is 0 Å². The Balaban J connectivity index is 2.04. The molecule has 0 radical (unpaired) electrons. The molecule has 0 aliphatic carbocycles. The molecule has 0 heterocycles. The van der Waals surface area contributed by atoms with E-state index in [9.17, 15) is 9.59 Å². The van der Waals surface area contributed by atoms with Gasteiger partial charge in [-0.2, -0.15) is 0 Å². The van der Waals surface area contributed by atoms with Crippen molar-refractivity contribution in [2.45, 2.75) is 13.8 Å². The van der Waals surface area contributed by atoms with E-state index in [1.165, 1.54) is 0 Å². The molecule has 2 aromatic rings. The quantitative estimate of drug-likeness (QED) is 0.638. The Hall–Kier alpha value is -2.62. The number of aryl methyl sites for hydroxylation is 1. The predicted molar refractivity (Wildman–Crippen MR) is 78.5 cm³/mol. The second-order valence-corrected chi connectivity index (χ2v) is 4.50. The van der Waals surface area contributed by atoms with E-state index in [0.717, 1.165) is 5.56 Å². The highest BCUT2D eigenvalue weighted by Crippen LogP contribution is 2.15. The number of ether oxygens (including phenoxy) is 2. The van der Waals surface area contributed by atoms with Gasteiger partial charge in [0.25, 0.3) is 0 Å². The zero-order valence-corrected chi connectivity index (χ0v) is 12.0. The number of rotatable bonds is 4. The Bertz CT molecular complexity index is 627. The van der Waals surface area contributed by atoms with Crippen LogP contribution in [0, 0.1) is 6.92 Å². The fraction of sp³-hybridized carbons (Fsp3) is 0.176. The van der Waals surface area contributed by atoms with Crippen molar-refractivity contribution in [1.29, 1.82) is 0 Å². The van der Waals surface area contributed by atoms with Crippen molar-refractivity contribution in [3.63, 3.8) is 0 Å². The monoisotopic (exact) mass is 284 g/mol. The van der Waals surface area contributed by atoms with E-state index in [2.05, 4.69) is 0 Å². The van der Waals surface area contributed by atoms with Crippen molar-refractivity contribution < 1.29 is 19.1 Å². The number of carbonyl (C=O) groups is 2. The summed E-state index contributed by atoms with van der Waals surface area (Å²) in [6.07, 6.45) is 0. The van der Waals surface area contributed by atoms with Crippen LogP contribution >= 0.6 is 0 Å². The minimum atomic E-state index is -0.432. The molecule has 108 valence electrons. The van der Waals surface area contributed by atoms with Crippen molar-refractivity contribution in [3.8, 4) is 5.75 Å². The first kappa shape index (κ1) is 14.8. The third-order valence-electron chi connectivity index (χ3n) is 2.86. The molecule has 0 aliphatic heterocycles. The molecule has 0 aliphatic rings. The molecule has 0 unspecified atom stereocenters. The number of hydrogen-bond acceptors (Lipinski definition) is 4. The average Bonchev–Trinajstić information content (AvgIpc) is 2.49. The van der Waals surface area contributed by atoms with Crippen LogP contribution in [0.1, 0.15) is 33.2 Å². The molecule has 4 heteroatoms. The molecule has 0 saturated heterocycles. The molecule has 4 nitrogen and oxygen atoms in total. The normalized spacial score (nSPS) is 10.0. The third kappa shape index (κ3) is 3.92. The lowest BCUT2D eigenvalue weighted by atomic mass is 10.1. The van der Waals surface area contributed by atoms with Gasteiger partial charge >= 0.3 is 11.9 Å². The molecule has 0 bridgehead atoms. The molecular weight excluding hydrogens is 268 g/mol. The molecule has 0 spiro atoms. The zero-order valence-electron chi connectivity index (χ0n) is 12.0. The van der Waals surface area contributed by atoms with E-state index in [4.69, 9.17) is 9.47 Å². The SMILES string of the molecule is CCOC(=O)c1ccc(OC(=O)c2ccc(C)cc2)cc1. The summed E-state index contributed by atoms with van der Waals surface area (Å²) in [4.78, 5) is 23.4. The molecule has 2 rings (SSSR count). The van der Waals surface area contributed by atoms with Crippen LogP contribution < -0.4 is 4.74 Å². The van der Waals surface area contributed by atoms with Gasteiger partial charge in [-0.05, 0) is 50.2 Å². The summed E-state index contributed by atoms with van der Waals surface area (Å²) < 4.78 is 10.1. The Labute approximate surface area is 123 Å². The summed E-state index contributed by atoms with van der Waals surface area (Å²) in [7, 11) is 0. The van der Waals surface area contributed by atoms with Crippen LogP contribution in [0.25, 0.3) is 0 Å². The number of benzene rings is 2. The number of esters is 2. The van der Waals surface area contributed by atoms with E-state index in [1.54, 1.807) is 43.3 Å². The lowest BCUT2D eigenvalue weighted by Crippen LogP contribution is -2.09. The van der Waals surface area contributed by atoms with Gasteiger partial charge in [0.15, 0.2) is 0 Å². The molecule has 0 N–H and O–H groups in total. The first-order chi connectivity index (χ1) is 10.1. The van der Waals surface area contributed by atoms with Gasteiger partial charge < -0.3 is 9.47 Å². The molecule has 0 saturated carbocycles. The molecule has 0 fully saturated rings. The summed E-state index contributed by atoms with van der Waals surface area (Å²) in [6.45, 7) is 4.02. The maximum absolute atomic E-state index is 11.9. The summed E-state index contributed by atoms with van der Waals surface area (Å²) in [5.74, 6) is -0.443. The van der Waals surface area contributed by atoms with Crippen molar-refractivity contribution in [2.24, 2.45) is 0 Å².